The van der Waals surface area contributed by atoms with E-state index in [1.54, 1.807) is 30.5 Å². The van der Waals surface area contributed by atoms with Gasteiger partial charge in [0, 0.05) is 5.56 Å². The number of aryl methyl sites for hydroxylation is 1. The molecule has 3 rings (SSSR count). The molecule has 0 atom stereocenters. The Kier molecular flexibility index (Phi) is 8.43. The summed E-state index contributed by atoms with van der Waals surface area (Å²) in [6.45, 7) is 4.89. The smallest absolute Gasteiger partial charge is 0.271 e. The van der Waals surface area contributed by atoms with Gasteiger partial charge < -0.3 is 4.74 Å². The zero-order valence-corrected chi connectivity index (χ0v) is 20.4. The average Bonchev–Trinajstić information content (AvgIpc) is 2.82. The van der Waals surface area contributed by atoms with Gasteiger partial charge >= 0.3 is 0 Å². The quantitative estimate of drug-likeness (QED) is 0.342. The van der Waals surface area contributed by atoms with Gasteiger partial charge in [0.25, 0.3) is 5.91 Å². The Labute approximate surface area is 201 Å². The highest BCUT2D eigenvalue weighted by atomic mass is 32.2. The first-order chi connectivity index (χ1) is 16.3. The number of ether oxygens (including phenoxy) is 1. The number of sulfonamides is 1. The molecular formula is C26H29N3O4S. The molecule has 7 nitrogen and oxygen atoms in total. The molecule has 0 fully saturated rings. The first-order valence-electron chi connectivity index (χ1n) is 11.0. The molecule has 1 N–H and O–H groups in total. The number of carbonyl (C=O) groups is 1. The Bertz CT molecular complexity index is 1220. The van der Waals surface area contributed by atoms with Crippen LogP contribution in [-0.4, -0.2) is 33.4 Å². The Morgan fingerprint density at radius 3 is 2.24 bits per heavy atom. The van der Waals surface area contributed by atoms with Gasteiger partial charge in [-0.05, 0) is 73.0 Å². The zero-order valence-electron chi connectivity index (χ0n) is 19.6. The van der Waals surface area contributed by atoms with Crippen LogP contribution < -0.4 is 14.5 Å². The van der Waals surface area contributed by atoms with E-state index < -0.39 is 15.9 Å². The van der Waals surface area contributed by atoms with Crippen molar-refractivity contribution in [3.63, 3.8) is 0 Å². The Balaban J connectivity index is 1.64. The first-order valence-corrected chi connectivity index (χ1v) is 12.8. The van der Waals surface area contributed by atoms with Crippen molar-refractivity contribution in [3.8, 4) is 5.75 Å². The molecule has 0 radical (unpaired) electrons. The van der Waals surface area contributed by atoms with E-state index in [0.717, 1.165) is 28.9 Å². The van der Waals surface area contributed by atoms with Crippen molar-refractivity contribution in [3.05, 3.63) is 95.1 Å². The fourth-order valence-electron chi connectivity index (χ4n) is 3.14. The predicted octanol–water partition coefficient (Wildman–Crippen LogP) is 4.51. The van der Waals surface area contributed by atoms with Crippen LogP contribution in [0.1, 0.15) is 40.4 Å². The van der Waals surface area contributed by atoms with Crippen LogP contribution in [0.5, 0.6) is 5.75 Å². The lowest BCUT2D eigenvalue weighted by Crippen LogP contribution is -2.29. The third-order valence-corrected chi connectivity index (χ3v) is 6.14. The molecule has 0 aliphatic heterocycles. The topological polar surface area (TPSA) is 88.1 Å². The molecule has 0 saturated heterocycles. The lowest BCUT2D eigenvalue weighted by molar-refractivity contribution is 0.0955. The average molecular weight is 480 g/mol. The number of amides is 1. The standard InChI is InChI=1S/C26H29N3O4S/c1-4-17-33-25-15-9-21(10-16-25)18-27-28-26(30)23-11-13-24(14-12-23)29(34(3,31)32)19-22-7-5-20(2)6-8-22/h5-16,18H,4,17,19H2,1-3H3,(H,28,30)/b27-18-. The minimum atomic E-state index is -3.51. The molecule has 0 saturated carbocycles. The lowest BCUT2D eigenvalue weighted by Gasteiger charge is -2.22. The summed E-state index contributed by atoms with van der Waals surface area (Å²) in [5, 5.41) is 4.00. The largest absolute Gasteiger partial charge is 0.494 e. The molecule has 178 valence electrons. The van der Waals surface area contributed by atoms with Gasteiger partial charge in [-0.3, -0.25) is 9.10 Å². The van der Waals surface area contributed by atoms with Gasteiger partial charge in [-0.1, -0.05) is 36.8 Å². The summed E-state index contributed by atoms with van der Waals surface area (Å²) in [6.07, 6.45) is 3.65. The van der Waals surface area contributed by atoms with Crippen LogP contribution in [0.3, 0.4) is 0 Å². The van der Waals surface area contributed by atoms with Crippen LogP contribution in [0.15, 0.2) is 77.9 Å². The number of anilines is 1. The fourth-order valence-corrected chi connectivity index (χ4v) is 4.03. The van der Waals surface area contributed by atoms with Crippen LogP contribution in [-0.2, 0) is 16.6 Å². The van der Waals surface area contributed by atoms with E-state index in [9.17, 15) is 13.2 Å². The van der Waals surface area contributed by atoms with Gasteiger partial charge in [0.2, 0.25) is 10.0 Å². The minimum absolute atomic E-state index is 0.206. The van der Waals surface area contributed by atoms with Crippen LogP contribution in [0.4, 0.5) is 5.69 Å². The minimum Gasteiger partial charge on any atom is -0.494 e. The van der Waals surface area contributed by atoms with E-state index in [0.29, 0.717) is 17.9 Å². The van der Waals surface area contributed by atoms with Crippen molar-refractivity contribution < 1.29 is 17.9 Å². The van der Waals surface area contributed by atoms with Crippen LogP contribution >= 0.6 is 0 Å². The van der Waals surface area contributed by atoms with Gasteiger partial charge in [0.05, 0.1) is 31.3 Å². The van der Waals surface area contributed by atoms with Gasteiger partial charge in [0.1, 0.15) is 5.75 Å². The molecule has 0 bridgehead atoms. The van der Waals surface area contributed by atoms with Gasteiger partial charge in [-0.2, -0.15) is 5.10 Å². The summed E-state index contributed by atoms with van der Waals surface area (Å²) in [6, 6.07) is 21.5. The number of benzene rings is 3. The van der Waals surface area contributed by atoms with E-state index in [2.05, 4.69) is 10.5 Å². The van der Waals surface area contributed by atoms with Crippen LogP contribution in [0, 0.1) is 6.92 Å². The summed E-state index contributed by atoms with van der Waals surface area (Å²) in [5.74, 6) is 0.392. The Morgan fingerprint density at radius 2 is 1.65 bits per heavy atom. The summed E-state index contributed by atoms with van der Waals surface area (Å²) in [5.41, 5.74) is 6.13. The predicted molar refractivity (Wildman–Crippen MR) is 136 cm³/mol. The SMILES string of the molecule is CCCOc1ccc(/C=N\NC(=O)c2ccc(N(Cc3ccc(C)cc3)S(C)(=O)=O)cc2)cc1. The van der Waals surface area contributed by atoms with Crippen LogP contribution in [0.2, 0.25) is 0 Å². The molecule has 0 heterocycles. The number of rotatable bonds is 10. The highest BCUT2D eigenvalue weighted by molar-refractivity contribution is 7.92. The highest BCUT2D eigenvalue weighted by Crippen LogP contribution is 2.21. The number of nitrogens with one attached hydrogen (secondary N) is 1. The van der Waals surface area contributed by atoms with E-state index in [4.69, 9.17) is 4.74 Å². The molecule has 0 aliphatic rings. The molecule has 34 heavy (non-hydrogen) atoms. The molecule has 8 heteroatoms. The maximum absolute atomic E-state index is 12.4. The van der Waals surface area contributed by atoms with Gasteiger partial charge in [0.15, 0.2) is 0 Å². The molecule has 0 spiro atoms. The van der Waals surface area contributed by atoms with Gasteiger partial charge in [-0.25, -0.2) is 13.8 Å². The summed E-state index contributed by atoms with van der Waals surface area (Å²) >= 11 is 0. The lowest BCUT2D eigenvalue weighted by atomic mass is 10.1. The first kappa shape index (κ1) is 25.0. The molecule has 3 aromatic rings. The normalized spacial score (nSPS) is 11.4. The Morgan fingerprint density at radius 1 is 1.00 bits per heavy atom. The number of hydrogen-bond donors (Lipinski definition) is 1. The van der Waals surface area contributed by atoms with Crippen molar-refractivity contribution in [1.82, 2.24) is 5.43 Å². The third-order valence-electron chi connectivity index (χ3n) is 5.00. The zero-order chi connectivity index (χ0) is 24.6. The molecule has 1 amide bonds. The molecule has 0 unspecified atom stereocenters. The van der Waals surface area contributed by atoms with Crippen molar-refractivity contribution in [2.45, 2.75) is 26.8 Å². The fraction of sp³-hybridized carbons (Fsp3) is 0.231. The highest BCUT2D eigenvalue weighted by Gasteiger charge is 2.18. The molecule has 0 aromatic heterocycles. The number of nitrogens with zero attached hydrogens (tertiary/aromatic N) is 2. The summed E-state index contributed by atoms with van der Waals surface area (Å²) in [4.78, 5) is 12.4. The summed E-state index contributed by atoms with van der Waals surface area (Å²) in [7, 11) is -3.51. The molecular weight excluding hydrogens is 450 g/mol. The van der Waals surface area contributed by atoms with E-state index in [1.165, 1.54) is 10.6 Å². The maximum atomic E-state index is 12.4. The van der Waals surface area contributed by atoms with E-state index in [1.807, 2.05) is 62.4 Å². The maximum Gasteiger partial charge on any atom is 0.271 e. The number of carbonyl (C=O) groups excluding carboxylic acids is 1. The number of hydrazone groups is 1. The van der Waals surface area contributed by atoms with Crippen LogP contribution in [0.25, 0.3) is 0 Å². The van der Waals surface area contributed by atoms with Gasteiger partial charge in [-0.15, -0.1) is 0 Å². The van der Waals surface area contributed by atoms with Crippen molar-refractivity contribution in [2.24, 2.45) is 5.10 Å². The number of hydrogen-bond acceptors (Lipinski definition) is 5. The van der Waals surface area contributed by atoms with Crippen molar-refractivity contribution in [1.29, 1.82) is 0 Å². The van der Waals surface area contributed by atoms with E-state index in [-0.39, 0.29) is 6.54 Å². The van der Waals surface area contributed by atoms with Crippen molar-refractivity contribution in [2.75, 3.05) is 17.2 Å². The summed E-state index contributed by atoms with van der Waals surface area (Å²) < 4.78 is 31.6. The second-order valence-electron chi connectivity index (χ2n) is 7.92. The second kappa shape index (κ2) is 11.5. The van der Waals surface area contributed by atoms with Crippen molar-refractivity contribution >= 4 is 27.8 Å². The molecule has 3 aromatic carbocycles. The monoisotopic (exact) mass is 479 g/mol. The third kappa shape index (κ3) is 7.18. The second-order valence-corrected chi connectivity index (χ2v) is 9.83. The van der Waals surface area contributed by atoms with E-state index >= 15 is 0 Å². The molecule has 0 aliphatic carbocycles. The Hall–Kier alpha value is -3.65.